The van der Waals surface area contributed by atoms with Crippen molar-refractivity contribution in [2.24, 2.45) is 5.73 Å². The molecule has 1 aromatic rings. The number of halogens is 1. The molecule has 0 spiro atoms. The molecular weight excluding hydrogens is 317 g/mol. The fourth-order valence-corrected chi connectivity index (χ4v) is 2.60. The third kappa shape index (κ3) is 4.42. The van der Waals surface area contributed by atoms with Crippen LogP contribution in [0.3, 0.4) is 0 Å². The Morgan fingerprint density at radius 3 is 2.92 bits per heavy atom. The Kier molecular flexibility index (Phi) is 6.10. The topological polar surface area (TPSA) is 105 Å². The molecule has 1 aromatic carbocycles. The number of morpholine rings is 1. The van der Waals surface area contributed by atoms with E-state index in [1.165, 1.54) is 6.07 Å². The maximum Gasteiger partial charge on any atom is 0.322 e. The number of anilines is 1. The van der Waals surface area contributed by atoms with Gasteiger partial charge in [-0.3, -0.25) is 9.59 Å². The van der Waals surface area contributed by atoms with Gasteiger partial charge in [0.15, 0.2) is 0 Å². The summed E-state index contributed by atoms with van der Waals surface area (Å²) in [6.45, 7) is 3.51. The number of nitrogens with zero attached hydrogens (tertiary/aromatic N) is 1. The van der Waals surface area contributed by atoms with E-state index in [9.17, 15) is 14.0 Å². The Morgan fingerprint density at radius 1 is 1.50 bits per heavy atom. The number of carboxylic acid groups (broad SMARTS) is 1. The maximum absolute atomic E-state index is 13.9. The molecule has 0 bridgehead atoms. The molecule has 0 aliphatic carbocycles. The van der Waals surface area contributed by atoms with Gasteiger partial charge < -0.3 is 25.8 Å². The van der Waals surface area contributed by atoms with Crippen LogP contribution in [0.4, 0.5) is 10.1 Å². The van der Waals surface area contributed by atoms with Gasteiger partial charge in [0.25, 0.3) is 5.91 Å². The number of aliphatic carboxylic acids is 1. The fraction of sp³-hybridized carbons (Fsp3) is 0.500. The largest absolute Gasteiger partial charge is 0.480 e. The number of hydrogen-bond acceptors (Lipinski definition) is 5. The number of ether oxygens (including phenoxy) is 1. The summed E-state index contributed by atoms with van der Waals surface area (Å²) in [5.74, 6) is -2.30. The maximum atomic E-state index is 13.9. The van der Waals surface area contributed by atoms with E-state index >= 15 is 0 Å². The lowest BCUT2D eigenvalue weighted by molar-refractivity contribution is -0.138. The molecule has 1 aliphatic rings. The normalized spacial score (nSPS) is 19.0. The first-order chi connectivity index (χ1) is 11.4. The number of benzene rings is 1. The molecule has 1 amide bonds. The monoisotopic (exact) mass is 339 g/mol. The number of rotatable bonds is 6. The summed E-state index contributed by atoms with van der Waals surface area (Å²) in [6, 6.07) is 3.02. The minimum absolute atomic E-state index is 0.122. The van der Waals surface area contributed by atoms with Gasteiger partial charge in [-0.15, -0.1) is 0 Å². The van der Waals surface area contributed by atoms with Gasteiger partial charge in [-0.05, 0) is 24.6 Å². The molecule has 1 fully saturated rings. The molecule has 8 heteroatoms. The molecule has 2 rings (SSSR count). The molecule has 24 heavy (non-hydrogen) atoms. The van der Waals surface area contributed by atoms with Crippen LogP contribution in [0.2, 0.25) is 0 Å². The first-order valence-electron chi connectivity index (χ1n) is 7.84. The van der Waals surface area contributed by atoms with Crippen molar-refractivity contribution in [1.29, 1.82) is 0 Å². The van der Waals surface area contributed by atoms with Crippen molar-refractivity contribution in [1.82, 2.24) is 5.32 Å². The van der Waals surface area contributed by atoms with E-state index < -0.39 is 23.7 Å². The number of carbonyl (C=O) groups excluding carboxylic acids is 1. The van der Waals surface area contributed by atoms with Crippen LogP contribution in [0.15, 0.2) is 18.2 Å². The van der Waals surface area contributed by atoms with Crippen molar-refractivity contribution in [2.45, 2.75) is 25.4 Å². The van der Waals surface area contributed by atoms with Crippen LogP contribution in [-0.4, -0.2) is 55.4 Å². The molecule has 132 valence electrons. The zero-order valence-electron chi connectivity index (χ0n) is 13.5. The number of carbonyl (C=O) groups is 2. The van der Waals surface area contributed by atoms with Crippen LogP contribution in [0, 0.1) is 5.82 Å². The van der Waals surface area contributed by atoms with Gasteiger partial charge in [-0.2, -0.15) is 0 Å². The van der Waals surface area contributed by atoms with E-state index in [0.29, 0.717) is 25.4 Å². The minimum atomic E-state index is -1.21. The Morgan fingerprint density at radius 2 is 2.25 bits per heavy atom. The van der Waals surface area contributed by atoms with Gasteiger partial charge in [0.1, 0.15) is 11.9 Å². The second kappa shape index (κ2) is 8.07. The highest BCUT2D eigenvalue weighted by Gasteiger charge is 2.23. The quantitative estimate of drug-likeness (QED) is 0.700. The van der Waals surface area contributed by atoms with E-state index in [1.54, 1.807) is 6.07 Å². The summed E-state index contributed by atoms with van der Waals surface area (Å²) in [4.78, 5) is 24.8. The van der Waals surface area contributed by atoms with E-state index in [4.69, 9.17) is 15.6 Å². The third-order valence-electron chi connectivity index (χ3n) is 3.97. The van der Waals surface area contributed by atoms with Crippen molar-refractivity contribution in [2.75, 3.05) is 31.2 Å². The molecule has 1 heterocycles. The summed E-state index contributed by atoms with van der Waals surface area (Å²) in [5.41, 5.74) is 6.08. The lowest BCUT2D eigenvalue weighted by Crippen LogP contribution is -2.45. The molecule has 1 unspecified atom stereocenters. The van der Waals surface area contributed by atoms with Crippen LogP contribution in [0.1, 0.15) is 23.7 Å². The summed E-state index contributed by atoms with van der Waals surface area (Å²) in [7, 11) is 0. The Bertz CT molecular complexity index is 611. The van der Waals surface area contributed by atoms with Gasteiger partial charge >= 0.3 is 5.97 Å². The second-order valence-electron chi connectivity index (χ2n) is 5.68. The standard InChI is InChI=1S/C16H22FN3O4/c1-2-12-9-24-4-3-20(12)13-6-10(5-11(17)7-13)15(21)19-8-14(18)16(22)23/h5-7,12,14H,2-4,8-9,18H2,1H3,(H,19,21)(H,22,23)/t12?,14-/m1/s1. The van der Waals surface area contributed by atoms with Gasteiger partial charge in [0.05, 0.1) is 19.3 Å². The summed E-state index contributed by atoms with van der Waals surface area (Å²) in [6.07, 6.45) is 0.839. The average molecular weight is 339 g/mol. The molecule has 1 aliphatic heterocycles. The van der Waals surface area contributed by atoms with Crippen LogP contribution in [-0.2, 0) is 9.53 Å². The fourth-order valence-electron chi connectivity index (χ4n) is 2.60. The highest BCUT2D eigenvalue weighted by atomic mass is 19.1. The number of hydrogen-bond donors (Lipinski definition) is 3. The first kappa shape index (κ1) is 18.2. The van der Waals surface area contributed by atoms with Gasteiger partial charge in [-0.25, -0.2) is 4.39 Å². The average Bonchev–Trinajstić information content (AvgIpc) is 2.58. The van der Waals surface area contributed by atoms with Gasteiger partial charge in [0.2, 0.25) is 0 Å². The van der Waals surface area contributed by atoms with E-state index in [-0.39, 0.29) is 18.2 Å². The summed E-state index contributed by atoms with van der Waals surface area (Å²) in [5, 5.41) is 11.1. The second-order valence-corrected chi connectivity index (χ2v) is 5.68. The SMILES string of the molecule is CCC1COCCN1c1cc(F)cc(C(=O)NC[C@@H](N)C(=O)O)c1. The summed E-state index contributed by atoms with van der Waals surface area (Å²) < 4.78 is 19.4. The first-order valence-corrected chi connectivity index (χ1v) is 7.84. The lowest BCUT2D eigenvalue weighted by atomic mass is 10.1. The van der Waals surface area contributed by atoms with E-state index in [0.717, 1.165) is 12.5 Å². The zero-order valence-corrected chi connectivity index (χ0v) is 13.5. The highest BCUT2D eigenvalue weighted by molar-refractivity contribution is 5.95. The molecule has 7 nitrogen and oxygen atoms in total. The molecular formula is C16H22FN3O4. The van der Waals surface area contributed by atoms with Crippen molar-refractivity contribution < 1.29 is 23.8 Å². The molecule has 4 N–H and O–H groups in total. The molecule has 0 radical (unpaired) electrons. The molecule has 0 aromatic heterocycles. The predicted octanol–water partition coefficient (Wildman–Crippen LogP) is 0.583. The van der Waals surface area contributed by atoms with Crippen molar-refractivity contribution >= 4 is 17.6 Å². The predicted molar refractivity (Wildman–Crippen MR) is 86.6 cm³/mol. The summed E-state index contributed by atoms with van der Waals surface area (Å²) >= 11 is 0. The highest BCUT2D eigenvalue weighted by Crippen LogP contribution is 2.24. The number of amides is 1. The molecule has 0 saturated carbocycles. The van der Waals surface area contributed by atoms with Crippen molar-refractivity contribution in [3.8, 4) is 0 Å². The van der Waals surface area contributed by atoms with Crippen molar-refractivity contribution in [3.05, 3.63) is 29.6 Å². The molecule has 2 atom stereocenters. The van der Waals surface area contributed by atoms with Crippen LogP contribution in [0.25, 0.3) is 0 Å². The van der Waals surface area contributed by atoms with E-state index in [2.05, 4.69) is 5.32 Å². The van der Waals surface area contributed by atoms with Crippen LogP contribution in [0.5, 0.6) is 0 Å². The minimum Gasteiger partial charge on any atom is -0.480 e. The Labute approximate surface area is 139 Å². The van der Waals surface area contributed by atoms with Crippen molar-refractivity contribution in [3.63, 3.8) is 0 Å². The van der Waals surface area contributed by atoms with Gasteiger partial charge in [-0.1, -0.05) is 6.92 Å². The molecule has 1 saturated heterocycles. The van der Waals surface area contributed by atoms with Crippen LogP contribution < -0.4 is 16.0 Å². The van der Waals surface area contributed by atoms with Crippen LogP contribution >= 0.6 is 0 Å². The number of carboxylic acids is 1. The lowest BCUT2D eigenvalue weighted by Gasteiger charge is -2.37. The Balaban J connectivity index is 2.15. The number of nitrogens with two attached hydrogens (primary N) is 1. The Hall–Kier alpha value is -2.19. The number of nitrogens with one attached hydrogen (secondary N) is 1. The van der Waals surface area contributed by atoms with E-state index in [1.807, 2.05) is 11.8 Å². The third-order valence-corrected chi connectivity index (χ3v) is 3.97. The zero-order chi connectivity index (χ0) is 17.7. The smallest absolute Gasteiger partial charge is 0.322 e. The van der Waals surface area contributed by atoms with Gasteiger partial charge in [0, 0.05) is 24.3 Å².